The summed E-state index contributed by atoms with van der Waals surface area (Å²) in [6.07, 6.45) is 1.41. The summed E-state index contributed by atoms with van der Waals surface area (Å²) < 4.78 is 0. The van der Waals surface area contributed by atoms with Crippen molar-refractivity contribution in [2.75, 3.05) is 10.6 Å². The molecule has 0 aliphatic heterocycles. The second-order valence-electron chi connectivity index (χ2n) is 6.79. The van der Waals surface area contributed by atoms with Crippen LogP contribution in [0, 0.1) is 13.8 Å². The molecule has 0 radical (unpaired) electrons. The van der Waals surface area contributed by atoms with Gasteiger partial charge in [-0.1, -0.05) is 29.8 Å². The molecule has 0 atom stereocenters. The topological polar surface area (TPSA) is 88.2 Å². The minimum absolute atomic E-state index is 0.0932. The van der Waals surface area contributed by atoms with Gasteiger partial charge in [0.05, 0.1) is 0 Å². The number of carbonyl (C=O) groups excluding carboxylic acids is 3. The number of aromatic nitrogens is 1. The van der Waals surface area contributed by atoms with E-state index in [0.717, 1.165) is 11.1 Å². The minimum Gasteiger partial charge on any atom is -0.322 e. The Balaban J connectivity index is 1.76. The lowest BCUT2D eigenvalue weighted by molar-refractivity contribution is 0.100. The van der Waals surface area contributed by atoms with Crippen LogP contribution < -0.4 is 10.6 Å². The molecule has 3 rings (SSSR count). The Hall–Kier alpha value is -3.80. The summed E-state index contributed by atoms with van der Waals surface area (Å²) in [5.74, 6) is -0.886. The van der Waals surface area contributed by atoms with E-state index in [9.17, 15) is 14.4 Å². The number of pyridine rings is 1. The van der Waals surface area contributed by atoms with Crippen molar-refractivity contribution in [3.63, 3.8) is 0 Å². The van der Waals surface area contributed by atoms with Gasteiger partial charge in [-0.25, -0.2) is 0 Å². The molecule has 1 heterocycles. The number of ketones is 1. The van der Waals surface area contributed by atoms with Crippen LogP contribution in [0.2, 0.25) is 0 Å². The fourth-order valence-electron chi connectivity index (χ4n) is 2.86. The highest BCUT2D eigenvalue weighted by Gasteiger charge is 2.13. The Kier molecular flexibility index (Phi) is 5.83. The largest absolute Gasteiger partial charge is 0.322 e. The smallest absolute Gasteiger partial charge is 0.274 e. The first-order chi connectivity index (χ1) is 13.8. The zero-order chi connectivity index (χ0) is 21.0. The fourth-order valence-corrected chi connectivity index (χ4v) is 2.86. The monoisotopic (exact) mass is 387 g/mol. The van der Waals surface area contributed by atoms with Gasteiger partial charge in [0.25, 0.3) is 11.8 Å². The molecule has 6 nitrogen and oxygen atoms in total. The van der Waals surface area contributed by atoms with Crippen molar-refractivity contribution in [2.24, 2.45) is 0 Å². The first kappa shape index (κ1) is 19.9. The van der Waals surface area contributed by atoms with E-state index in [1.165, 1.54) is 19.2 Å². The van der Waals surface area contributed by atoms with Crippen molar-refractivity contribution >= 4 is 29.0 Å². The summed E-state index contributed by atoms with van der Waals surface area (Å²) in [6.45, 7) is 5.36. The standard InChI is InChI=1S/C23H21N3O3/c1-14-7-8-20(15(2)11-14)26-22(28)18-9-10-24-21(13-18)23(29)25-19-6-4-5-17(12-19)16(3)27/h4-13H,1-3H3,(H,25,29)(H,26,28). The van der Waals surface area contributed by atoms with Crippen molar-refractivity contribution in [1.82, 2.24) is 4.98 Å². The molecule has 0 aliphatic rings. The summed E-state index contributed by atoms with van der Waals surface area (Å²) >= 11 is 0. The number of aryl methyl sites for hydroxylation is 2. The summed E-state index contributed by atoms with van der Waals surface area (Å²) in [5.41, 5.74) is 4.18. The fraction of sp³-hybridized carbons (Fsp3) is 0.130. The Morgan fingerprint density at radius 1 is 0.828 bits per heavy atom. The Bertz CT molecular complexity index is 1110. The van der Waals surface area contributed by atoms with Gasteiger partial charge >= 0.3 is 0 Å². The van der Waals surface area contributed by atoms with Gasteiger partial charge in [0.15, 0.2) is 5.78 Å². The highest BCUT2D eigenvalue weighted by atomic mass is 16.2. The molecular formula is C23H21N3O3. The molecule has 2 amide bonds. The lowest BCUT2D eigenvalue weighted by Gasteiger charge is -2.10. The first-order valence-corrected chi connectivity index (χ1v) is 9.10. The second-order valence-corrected chi connectivity index (χ2v) is 6.79. The molecule has 6 heteroatoms. The van der Waals surface area contributed by atoms with Crippen molar-refractivity contribution < 1.29 is 14.4 Å². The summed E-state index contributed by atoms with van der Waals surface area (Å²) in [6, 6.07) is 15.4. The van der Waals surface area contributed by atoms with Crippen LogP contribution in [0.25, 0.3) is 0 Å². The maximum atomic E-state index is 12.6. The molecule has 146 valence electrons. The van der Waals surface area contributed by atoms with Crippen LogP contribution in [-0.4, -0.2) is 22.6 Å². The molecule has 29 heavy (non-hydrogen) atoms. The van der Waals surface area contributed by atoms with Crippen LogP contribution in [0.3, 0.4) is 0 Å². The number of anilines is 2. The van der Waals surface area contributed by atoms with E-state index in [1.54, 1.807) is 30.3 Å². The van der Waals surface area contributed by atoms with Crippen molar-refractivity contribution in [2.45, 2.75) is 20.8 Å². The molecule has 0 fully saturated rings. The third-order valence-electron chi connectivity index (χ3n) is 4.41. The maximum Gasteiger partial charge on any atom is 0.274 e. The van der Waals surface area contributed by atoms with Crippen LogP contribution in [-0.2, 0) is 0 Å². The van der Waals surface area contributed by atoms with Crippen LogP contribution in [0.1, 0.15) is 49.3 Å². The molecule has 1 aromatic heterocycles. The highest BCUT2D eigenvalue weighted by Crippen LogP contribution is 2.18. The van der Waals surface area contributed by atoms with Gasteiger partial charge in [0.1, 0.15) is 5.69 Å². The number of carbonyl (C=O) groups is 3. The van der Waals surface area contributed by atoms with Crippen molar-refractivity contribution in [1.29, 1.82) is 0 Å². The highest BCUT2D eigenvalue weighted by molar-refractivity contribution is 6.08. The van der Waals surface area contributed by atoms with Gasteiger partial charge in [0.2, 0.25) is 0 Å². The number of hydrogen-bond donors (Lipinski definition) is 2. The third-order valence-corrected chi connectivity index (χ3v) is 4.41. The average Bonchev–Trinajstić information content (AvgIpc) is 2.70. The van der Waals surface area contributed by atoms with E-state index < -0.39 is 5.91 Å². The van der Waals surface area contributed by atoms with Crippen molar-refractivity contribution in [3.8, 4) is 0 Å². The SMILES string of the molecule is CC(=O)c1cccc(NC(=O)c2cc(C(=O)Nc3ccc(C)cc3C)ccn2)c1. The summed E-state index contributed by atoms with van der Waals surface area (Å²) in [7, 11) is 0. The van der Waals surface area contributed by atoms with E-state index in [4.69, 9.17) is 0 Å². The number of benzene rings is 2. The van der Waals surface area contributed by atoms with Gasteiger partial charge in [-0.05, 0) is 56.7 Å². The molecule has 0 saturated heterocycles. The molecule has 0 spiro atoms. The van der Waals surface area contributed by atoms with Crippen LogP contribution in [0.4, 0.5) is 11.4 Å². The lowest BCUT2D eigenvalue weighted by Crippen LogP contribution is -2.17. The molecular weight excluding hydrogens is 366 g/mol. The predicted octanol–water partition coefficient (Wildman–Crippen LogP) is 4.41. The van der Waals surface area contributed by atoms with Gasteiger partial charge in [-0.3, -0.25) is 19.4 Å². The van der Waals surface area contributed by atoms with Crippen LogP contribution in [0.5, 0.6) is 0 Å². The third kappa shape index (κ3) is 4.93. The van der Waals surface area contributed by atoms with E-state index in [1.807, 2.05) is 32.0 Å². The molecule has 0 unspecified atom stereocenters. The Morgan fingerprint density at radius 3 is 2.34 bits per heavy atom. The maximum absolute atomic E-state index is 12.6. The van der Waals surface area contributed by atoms with Crippen LogP contribution in [0.15, 0.2) is 60.8 Å². The van der Waals surface area contributed by atoms with E-state index in [2.05, 4.69) is 15.6 Å². The van der Waals surface area contributed by atoms with Crippen LogP contribution >= 0.6 is 0 Å². The molecule has 0 aliphatic carbocycles. The predicted molar refractivity (Wildman–Crippen MR) is 113 cm³/mol. The van der Waals surface area contributed by atoms with E-state index in [0.29, 0.717) is 22.5 Å². The summed E-state index contributed by atoms with van der Waals surface area (Å²) in [5, 5.41) is 5.55. The second kappa shape index (κ2) is 8.48. The number of nitrogens with one attached hydrogen (secondary N) is 2. The van der Waals surface area contributed by atoms with Gasteiger partial charge in [-0.2, -0.15) is 0 Å². The number of rotatable bonds is 5. The normalized spacial score (nSPS) is 10.3. The Labute approximate surface area is 169 Å². The first-order valence-electron chi connectivity index (χ1n) is 9.10. The molecule has 0 bridgehead atoms. The number of Topliss-reactive ketones (excluding diaryl/α,β-unsaturated/α-hetero) is 1. The number of amides is 2. The van der Waals surface area contributed by atoms with Gasteiger partial charge in [-0.15, -0.1) is 0 Å². The average molecular weight is 387 g/mol. The van der Waals surface area contributed by atoms with Crippen molar-refractivity contribution in [3.05, 3.63) is 88.7 Å². The quantitative estimate of drug-likeness (QED) is 0.635. The van der Waals surface area contributed by atoms with Gasteiger partial charge in [0, 0.05) is 28.7 Å². The van der Waals surface area contributed by atoms with E-state index >= 15 is 0 Å². The molecule has 2 N–H and O–H groups in total. The number of hydrogen-bond acceptors (Lipinski definition) is 4. The minimum atomic E-state index is -0.466. The zero-order valence-electron chi connectivity index (χ0n) is 16.4. The molecule has 3 aromatic rings. The summed E-state index contributed by atoms with van der Waals surface area (Å²) in [4.78, 5) is 40.7. The lowest BCUT2D eigenvalue weighted by atomic mass is 10.1. The Morgan fingerprint density at radius 2 is 1.62 bits per heavy atom. The van der Waals surface area contributed by atoms with E-state index in [-0.39, 0.29) is 17.4 Å². The molecule has 2 aromatic carbocycles. The molecule has 0 saturated carbocycles. The number of nitrogens with zero attached hydrogens (tertiary/aromatic N) is 1. The zero-order valence-corrected chi connectivity index (χ0v) is 16.4. The van der Waals surface area contributed by atoms with Gasteiger partial charge < -0.3 is 10.6 Å².